The molecule has 9 nitrogen and oxygen atoms in total. The maximum atomic E-state index is 12.2. The molecule has 30 heavy (non-hydrogen) atoms. The van der Waals surface area contributed by atoms with E-state index in [0.29, 0.717) is 0 Å². The molecule has 0 amide bonds. The maximum Gasteiger partial charge on any atom is 0.341 e. The molecule has 1 aliphatic rings. The summed E-state index contributed by atoms with van der Waals surface area (Å²) < 4.78 is 20.3. The van der Waals surface area contributed by atoms with Gasteiger partial charge in [-0.2, -0.15) is 0 Å². The zero-order chi connectivity index (χ0) is 22.5. The van der Waals surface area contributed by atoms with Gasteiger partial charge in [0.2, 0.25) is 0 Å². The van der Waals surface area contributed by atoms with Gasteiger partial charge in [-0.1, -0.05) is 6.42 Å². The number of aliphatic hydroxyl groups excluding tert-OH is 2. The molecule has 2 atom stereocenters. The number of hydrogen-bond donors (Lipinski definition) is 3. The van der Waals surface area contributed by atoms with E-state index in [9.17, 15) is 19.8 Å². The highest BCUT2D eigenvalue weighted by molar-refractivity contribution is 5.89. The first-order chi connectivity index (χ1) is 14.4. The van der Waals surface area contributed by atoms with E-state index in [2.05, 4.69) is 5.32 Å². The Morgan fingerprint density at radius 3 is 1.43 bits per heavy atom. The van der Waals surface area contributed by atoms with Gasteiger partial charge in [0.05, 0.1) is 26.4 Å². The number of rotatable bonds is 12. The number of aliphatic hydroxyl groups is 2. The molecule has 0 radical (unpaired) electrons. The van der Waals surface area contributed by atoms with Crippen molar-refractivity contribution in [1.82, 2.24) is 5.32 Å². The topological polar surface area (TPSA) is 124 Å². The van der Waals surface area contributed by atoms with Gasteiger partial charge in [0.15, 0.2) is 0 Å². The largest absolute Gasteiger partial charge is 0.481 e. The third kappa shape index (κ3) is 8.14. The summed E-state index contributed by atoms with van der Waals surface area (Å²) in [5.41, 5.74) is 0.158. The first-order valence-corrected chi connectivity index (χ1v) is 10.6. The predicted molar refractivity (Wildman–Crippen MR) is 110 cm³/mol. The Morgan fingerprint density at radius 2 is 1.10 bits per heavy atom. The minimum Gasteiger partial charge on any atom is -0.481 e. The highest BCUT2D eigenvalue weighted by atomic mass is 16.6. The van der Waals surface area contributed by atoms with Crippen LogP contribution < -0.4 is 5.32 Å². The quantitative estimate of drug-likeness (QED) is 0.244. The number of ether oxygens (including phenoxy) is 4. The summed E-state index contributed by atoms with van der Waals surface area (Å²) in [6, 6.07) is -0.271. The number of nitrogens with one attached hydrogen (secondary N) is 1. The maximum absolute atomic E-state index is 12.2. The lowest BCUT2D eigenvalue weighted by Crippen LogP contribution is -2.43. The van der Waals surface area contributed by atoms with Crippen molar-refractivity contribution in [2.45, 2.75) is 71.9 Å². The van der Waals surface area contributed by atoms with Gasteiger partial charge in [0.1, 0.15) is 11.1 Å². The van der Waals surface area contributed by atoms with Gasteiger partial charge in [-0.15, -0.1) is 0 Å². The average Bonchev–Trinajstić information content (AvgIpc) is 2.71. The molecule has 1 rings (SSSR count). The minimum atomic E-state index is -0.617. The van der Waals surface area contributed by atoms with Gasteiger partial charge in [0.25, 0.3) is 11.9 Å². The molecule has 1 saturated heterocycles. The molecule has 1 aliphatic heterocycles. The number of carbonyl (C=O) groups is 2. The van der Waals surface area contributed by atoms with Crippen LogP contribution >= 0.6 is 0 Å². The Hall–Kier alpha value is -2.42. The van der Waals surface area contributed by atoms with Gasteiger partial charge in [-0.25, -0.2) is 9.59 Å². The van der Waals surface area contributed by atoms with E-state index in [0.717, 1.165) is 19.3 Å². The van der Waals surface area contributed by atoms with Gasteiger partial charge in [0, 0.05) is 24.9 Å². The number of carbonyl (C=O) groups excluding carboxylic acids is 2. The molecule has 0 aromatic rings. The predicted octanol–water partition coefficient (Wildman–Crippen LogP) is 3.02. The van der Waals surface area contributed by atoms with Crippen LogP contribution in [0.5, 0.6) is 0 Å². The summed E-state index contributed by atoms with van der Waals surface area (Å²) in [5, 5.41) is 23.6. The fraction of sp³-hybridized carbons (Fsp3) is 0.714. The Labute approximate surface area is 178 Å². The first kappa shape index (κ1) is 25.6. The van der Waals surface area contributed by atoms with Gasteiger partial charge in [-0.3, -0.25) is 0 Å². The third-order valence-corrected chi connectivity index (χ3v) is 4.60. The van der Waals surface area contributed by atoms with Crippen molar-refractivity contribution in [2.24, 2.45) is 0 Å². The minimum absolute atomic E-state index is 0.0789. The van der Waals surface area contributed by atoms with Crippen LogP contribution in [0.25, 0.3) is 0 Å². The van der Waals surface area contributed by atoms with Crippen molar-refractivity contribution >= 4 is 11.9 Å². The average molecular weight is 430 g/mol. The van der Waals surface area contributed by atoms with Crippen LogP contribution in [0.1, 0.15) is 59.8 Å². The van der Waals surface area contributed by atoms with Crippen LogP contribution in [-0.2, 0) is 28.5 Å². The summed E-state index contributed by atoms with van der Waals surface area (Å²) in [6.45, 7) is 7.62. The molecule has 0 spiro atoms. The fourth-order valence-electron chi connectivity index (χ4n) is 3.33. The van der Waals surface area contributed by atoms with E-state index in [1.54, 1.807) is 27.7 Å². The van der Waals surface area contributed by atoms with Crippen molar-refractivity contribution in [3.05, 3.63) is 23.0 Å². The zero-order valence-electron chi connectivity index (χ0n) is 18.4. The molecule has 0 bridgehead atoms. The van der Waals surface area contributed by atoms with E-state index in [1.165, 1.54) is 0 Å². The second-order valence-electron chi connectivity index (χ2n) is 6.77. The molecule has 0 aromatic carbocycles. The van der Waals surface area contributed by atoms with Crippen molar-refractivity contribution in [3.63, 3.8) is 0 Å². The number of esters is 2. The SMILES string of the molecule is CCOC(=O)/C(CC1CCCC(C/C(C(=O)OCC)=C(/O)OCC)N1)=C(\O)OCC. The Morgan fingerprint density at radius 1 is 0.733 bits per heavy atom. The van der Waals surface area contributed by atoms with Crippen LogP contribution in [0.15, 0.2) is 23.0 Å². The monoisotopic (exact) mass is 429 g/mol. The van der Waals surface area contributed by atoms with E-state index in [1.807, 2.05) is 0 Å². The second-order valence-corrected chi connectivity index (χ2v) is 6.77. The lowest BCUT2D eigenvalue weighted by atomic mass is 9.91. The number of hydrogen-bond acceptors (Lipinski definition) is 9. The van der Waals surface area contributed by atoms with Gasteiger partial charge < -0.3 is 34.5 Å². The summed E-state index contributed by atoms with van der Waals surface area (Å²) >= 11 is 0. The van der Waals surface area contributed by atoms with Crippen LogP contribution in [-0.4, -0.2) is 60.7 Å². The molecule has 0 saturated carbocycles. The standard InChI is InChI=1S/C21H35NO8/c1-5-27-18(23)16(19(24)28-6-2)12-14-10-9-11-15(22-14)13-17(20(25)29-7-3)21(26)30-8-4/h14-15,22-23,25H,5-13H2,1-4H3/b18-16+,20-17+. The molecule has 1 heterocycles. The third-order valence-electron chi connectivity index (χ3n) is 4.60. The van der Waals surface area contributed by atoms with Gasteiger partial charge in [-0.05, 0) is 40.5 Å². The Kier molecular flexibility index (Phi) is 11.7. The molecule has 9 heteroatoms. The second kappa shape index (κ2) is 13.7. The van der Waals surface area contributed by atoms with Crippen molar-refractivity contribution in [1.29, 1.82) is 0 Å². The summed E-state index contributed by atoms with van der Waals surface area (Å²) in [5.74, 6) is -2.09. The molecule has 2 unspecified atom stereocenters. The Bertz CT molecular complexity index is 576. The fourth-order valence-corrected chi connectivity index (χ4v) is 3.33. The molecular formula is C21H35NO8. The van der Waals surface area contributed by atoms with E-state index >= 15 is 0 Å². The highest BCUT2D eigenvalue weighted by Gasteiger charge is 2.30. The van der Waals surface area contributed by atoms with Gasteiger partial charge >= 0.3 is 11.9 Å². The van der Waals surface area contributed by atoms with Crippen LogP contribution in [0.2, 0.25) is 0 Å². The summed E-state index contributed by atoms with van der Waals surface area (Å²) in [7, 11) is 0. The van der Waals surface area contributed by atoms with E-state index in [4.69, 9.17) is 18.9 Å². The number of piperidine rings is 1. The van der Waals surface area contributed by atoms with E-state index < -0.39 is 23.8 Å². The van der Waals surface area contributed by atoms with Crippen LogP contribution in [0.3, 0.4) is 0 Å². The Balaban J connectivity index is 2.92. The molecule has 1 fully saturated rings. The molecule has 0 aromatic heterocycles. The van der Waals surface area contributed by atoms with Crippen molar-refractivity contribution in [2.75, 3.05) is 26.4 Å². The summed E-state index contributed by atoms with van der Waals surface area (Å²) in [4.78, 5) is 24.5. The molecule has 3 N–H and O–H groups in total. The lowest BCUT2D eigenvalue weighted by molar-refractivity contribution is -0.140. The first-order valence-electron chi connectivity index (χ1n) is 10.6. The molecule has 0 aliphatic carbocycles. The smallest absolute Gasteiger partial charge is 0.341 e. The van der Waals surface area contributed by atoms with Crippen molar-refractivity contribution in [3.8, 4) is 0 Å². The van der Waals surface area contributed by atoms with E-state index in [-0.39, 0.29) is 62.5 Å². The molecular weight excluding hydrogens is 394 g/mol. The van der Waals surface area contributed by atoms with Crippen molar-refractivity contribution < 1.29 is 38.7 Å². The normalized spacial score (nSPS) is 20.5. The molecule has 172 valence electrons. The lowest BCUT2D eigenvalue weighted by Gasteiger charge is -2.31. The summed E-state index contributed by atoms with van der Waals surface area (Å²) in [6.07, 6.45) is 2.83. The highest BCUT2D eigenvalue weighted by Crippen LogP contribution is 2.25. The van der Waals surface area contributed by atoms with Crippen LogP contribution in [0, 0.1) is 0 Å². The van der Waals surface area contributed by atoms with Crippen LogP contribution in [0.4, 0.5) is 0 Å². The zero-order valence-corrected chi connectivity index (χ0v) is 18.4.